The summed E-state index contributed by atoms with van der Waals surface area (Å²) in [6.45, 7) is 0. The number of rotatable bonds is 8. The zero-order valence-electron chi connectivity index (χ0n) is 19.5. The first-order valence-corrected chi connectivity index (χ1v) is 14.6. The first-order valence-electron chi connectivity index (χ1n) is 11.8. The van der Waals surface area contributed by atoms with Crippen LogP contribution < -0.4 is 5.73 Å². The third-order valence-corrected chi connectivity index (χ3v) is 8.95. The number of aryl methyl sites for hydroxylation is 2. The van der Waals surface area contributed by atoms with Gasteiger partial charge in [0.05, 0.1) is 11.1 Å². The number of aromatic nitrogens is 5. The lowest BCUT2D eigenvalue weighted by Gasteiger charge is -2.09. The van der Waals surface area contributed by atoms with Gasteiger partial charge in [-0.15, -0.1) is 21.5 Å². The molecule has 1 aliphatic carbocycles. The Morgan fingerprint density at radius 1 is 0.944 bits per heavy atom. The largest absolute Gasteiger partial charge is 0.383 e. The monoisotopic (exact) mass is 528 g/mol. The highest BCUT2D eigenvalue weighted by molar-refractivity contribution is 7.99. The minimum atomic E-state index is 0.591. The Balaban J connectivity index is 1.22. The third kappa shape index (κ3) is 4.78. The lowest BCUT2D eigenvalue weighted by Crippen LogP contribution is -2.02. The molecule has 3 aromatic heterocycles. The predicted molar refractivity (Wildman–Crippen MR) is 151 cm³/mol. The van der Waals surface area contributed by atoms with E-state index in [4.69, 9.17) is 10.7 Å². The number of benzene rings is 2. The van der Waals surface area contributed by atoms with Crippen LogP contribution in [0.1, 0.15) is 28.2 Å². The van der Waals surface area contributed by atoms with Gasteiger partial charge in [-0.2, -0.15) is 0 Å². The molecule has 0 fully saturated rings. The Hall–Kier alpha value is -3.14. The van der Waals surface area contributed by atoms with Gasteiger partial charge in [0, 0.05) is 16.3 Å². The maximum Gasteiger partial charge on any atom is 0.196 e. The van der Waals surface area contributed by atoms with E-state index in [9.17, 15) is 0 Å². The van der Waals surface area contributed by atoms with Crippen LogP contribution in [-0.2, 0) is 18.6 Å². The maximum atomic E-state index is 6.38. The van der Waals surface area contributed by atoms with Crippen molar-refractivity contribution in [1.29, 1.82) is 0 Å². The number of anilines is 1. The van der Waals surface area contributed by atoms with Gasteiger partial charge < -0.3 is 5.73 Å². The fourth-order valence-electron chi connectivity index (χ4n) is 4.39. The zero-order chi connectivity index (χ0) is 24.3. The van der Waals surface area contributed by atoms with E-state index in [2.05, 4.69) is 56.2 Å². The van der Waals surface area contributed by atoms with Crippen LogP contribution in [-0.4, -0.2) is 30.5 Å². The number of nitrogens with zero attached hydrogens (tertiary/aromatic N) is 5. The van der Waals surface area contributed by atoms with Gasteiger partial charge in [-0.25, -0.2) is 9.97 Å². The standard InChI is InChI=1S/C27H24N6S3/c28-24-23-20-14-7-15-21(20)36-25(23)30-26(29-24)35-17-22-31-32-27(33(22)19-12-5-2-6-13-19)34-16-8-11-18-9-3-1-4-10-18/h1-6,8-13H,7,14-17H2,(H2,28,29,30)/b11-8+. The summed E-state index contributed by atoms with van der Waals surface area (Å²) in [5.41, 5.74) is 9.96. The van der Waals surface area contributed by atoms with Gasteiger partial charge in [0.15, 0.2) is 10.3 Å². The fraction of sp³-hybridized carbons (Fsp3) is 0.185. The summed E-state index contributed by atoms with van der Waals surface area (Å²) in [7, 11) is 0. The van der Waals surface area contributed by atoms with Crippen molar-refractivity contribution in [2.45, 2.75) is 35.3 Å². The molecule has 0 aliphatic heterocycles. The van der Waals surface area contributed by atoms with E-state index in [1.54, 1.807) is 34.9 Å². The molecule has 3 heterocycles. The molecule has 0 spiro atoms. The molecule has 5 aromatic rings. The molecule has 9 heteroatoms. The lowest BCUT2D eigenvalue weighted by atomic mass is 10.2. The molecule has 0 amide bonds. The summed E-state index contributed by atoms with van der Waals surface area (Å²) >= 11 is 4.98. The molecule has 36 heavy (non-hydrogen) atoms. The number of thioether (sulfide) groups is 2. The SMILES string of the molecule is Nc1nc(SCc2nnc(SC/C=C/c3ccccc3)n2-c2ccccc2)nc2sc3c(c12)CCC3. The van der Waals surface area contributed by atoms with Gasteiger partial charge in [0.2, 0.25) is 0 Å². The van der Waals surface area contributed by atoms with Crippen LogP contribution in [0.4, 0.5) is 5.82 Å². The predicted octanol–water partition coefficient (Wildman–Crippen LogP) is 6.44. The lowest BCUT2D eigenvalue weighted by molar-refractivity contribution is 0.865. The van der Waals surface area contributed by atoms with E-state index in [0.29, 0.717) is 16.7 Å². The molecule has 0 saturated heterocycles. The molecule has 6 rings (SSSR count). The zero-order valence-corrected chi connectivity index (χ0v) is 22.0. The van der Waals surface area contributed by atoms with Crippen molar-refractivity contribution in [3.63, 3.8) is 0 Å². The highest BCUT2D eigenvalue weighted by Crippen LogP contribution is 2.39. The second-order valence-corrected chi connectivity index (χ2v) is 11.4. The van der Waals surface area contributed by atoms with Crippen molar-refractivity contribution >= 4 is 57.0 Å². The Bertz CT molecular complexity index is 1530. The third-order valence-electron chi connectivity index (χ3n) is 6.04. The van der Waals surface area contributed by atoms with E-state index in [1.807, 2.05) is 36.4 Å². The smallest absolute Gasteiger partial charge is 0.196 e. The summed E-state index contributed by atoms with van der Waals surface area (Å²) in [6.07, 6.45) is 7.69. The van der Waals surface area contributed by atoms with Gasteiger partial charge in [0.1, 0.15) is 16.5 Å². The second kappa shape index (κ2) is 10.5. The molecular formula is C27H24N6S3. The van der Waals surface area contributed by atoms with Crippen molar-refractivity contribution in [1.82, 2.24) is 24.7 Å². The van der Waals surface area contributed by atoms with Gasteiger partial charge in [-0.05, 0) is 42.5 Å². The number of para-hydroxylation sites is 1. The Morgan fingerprint density at radius 2 is 1.75 bits per heavy atom. The van der Waals surface area contributed by atoms with E-state index in [1.165, 1.54) is 22.4 Å². The van der Waals surface area contributed by atoms with Crippen LogP contribution in [0.5, 0.6) is 0 Å². The molecule has 180 valence electrons. The number of thiophene rings is 1. The Morgan fingerprint density at radius 3 is 2.58 bits per heavy atom. The molecule has 0 unspecified atom stereocenters. The summed E-state index contributed by atoms with van der Waals surface area (Å²) in [5, 5.41) is 11.7. The molecular weight excluding hydrogens is 505 g/mol. The van der Waals surface area contributed by atoms with Crippen molar-refractivity contribution in [3.05, 3.63) is 88.6 Å². The van der Waals surface area contributed by atoms with Crippen LogP contribution in [0.15, 0.2) is 77.1 Å². The van der Waals surface area contributed by atoms with Crippen molar-refractivity contribution in [2.24, 2.45) is 0 Å². The van der Waals surface area contributed by atoms with Gasteiger partial charge in [-0.1, -0.05) is 84.2 Å². The van der Waals surface area contributed by atoms with Crippen LogP contribution in [0.25, 0.3) is 22.0 Å². The average Bonchev–Trinajstić information content (AvgIpc) is 3.61. The first kappa shape index (κ1) is 23.3. The molecule has 0 radical (unpaired) electrons. The van der Waals surface area contributed by atoms with Crippen molar-refractivity contribution < 1.29 is 0 Å². The number of hydrogen-bond donors (Lipinski definition) is 1. The maximum absolute atomic E-state index is 6.38. The van der Waals surface area contributed by atoms with Crippen LogP contribution in [0.2, 0.25) is 0 Å². The van der Waals surface area contributed by atoms with E-state index in [-0.39, 0.29) is 0 Å². The molecule has 2 N–H and O–H groups in total. The minimum Gasteiger partial charge on any atom is -0.383 e. The van der Waals surface area contributed by atoms with Gasteiger partial charge in [-0.3, -0.25) is 4.57 Å². The number of nitrogens with two attached hydrogens (primary N) is 1. The van der Waals surface area contributed by atoms with Crippen molar-refractivity contribution in [2.75, 3.05) is 11.5 Å². The van der Waals surface area contributed by atoms with E-state index >= 15 is 0 Å². The highest BCUT2D eigenvalue weighted by atomic mass is 32.2. The average molecular weight is 529 g/mol. The molecule has 6 nitrogen and oxygen atoms in total. The summed E-state index contributed by atoms with van der Waals surface area (Å²) in [4.78, 5) is 11.9. The number of hydrogen-bond acceptors (Lipinski definition) is 8. The molecule has 0 atom stereocenters. The number of nitrogen functional groups attached to an aromatic ring is 1. The van der Waals surface area contributed by atoms with Crippen molar-refractivity contribution in [3.8, 4) is 5.69 Å². The summed E-state index contributed by atoms with van der Waals surface area (Å²) < 4.78 is 2.12. The molecule has 0 saturated carbocycles. The second-order valence-electron chi connectivity index (χ2n) is 8.41. The minimum absolute atomic E-state index is 0.591. The Labute approximate surface area is 222 Å². The first-order chi connectivity index (χ1) is 17.8. The van der Waals surface area contributed by atoms with Gasteiger partial charge >= 0.3 is 0 Å². The van der Waals surface area contributed by atoms with Crippen LogP contribution in [0.3, 0.4) is 0 Å². The fourth-order valence-corrected chi connectivity index (χ4v) is 7.26. The van der Waals surface area contributed by atoms with Crippen LogP contribution >= 0.6 is 34.9 Å². The molecule has 2 aromatic carbocycles. The highest BCUT2D eigenvalue weighted by Gasteiger charge is 2.22. The number of fused-ring (bicyclic) bond motifs is 3. The molecule has 0 bridgehead atoms. The summed E-state index contributed by atoms with van der Waals surface area (Å²) in [5.74, 6) is 2.84. The van der Waals surface area contributed by atoms with Gasteiger partial charge in [0.25, 0.3) is 0 Å². The van der Waals surface area contributed by atoms with Crippen LogP contribution in [0, 0.1) is 0 Å². The topological polar surface area (TPSA) is 82.5 Å². The normalized spacial score (nSPS) is 13.1. The summed E-state index contributed by atoms with van der Waals surface area (Å²) in [6, 6.07) is 20.5. The van der Waals surface area contributed by atoms with E-state index < -0.39 is 0 Å². The van der Waals surface area contributed by atoms with E-state index in [0.717, 1.165) is 45.5 Å². The quantitative estimate of drug-likeness (QED) is 0.183. The molecule has 1 aliphatic rings. The Kier molecular flexibility index (Phi) is 6.76.